The molecule has 168 valence electrons. The summed E-state index contributed by atoms with van der Waals surface area (Å²) in [4.78, 5) is 0. The maximum absolute atomic E-state index is 9.82. The first-order valence-corrected chi connectivity index (χ1v) is 13.2. The summed E-state index contributed by atoms with van der Waals surface area (Å²) >= 11 is 0. The first-order chi connectivity index (χ1) is 14.8. The Hall–Kier alpha value is -1.29. The molecule has 1 fully saturated rings. The molecule has 2 rings (SSSR count). The molecule has 30 heavy (non-hydrogen) atoms. The van der Waals surface area contributed by atoms with Gasteiger partial charge in [-0.2, -0.15) is 5.26 Å². The number of unbranched alkanes of at least 4 members (excludes halogenated alkanes) is 8. The largest absolute Gasteiger partial charge is 0.198 e. The van der Waals surface area contributed by atoms with Gasteiger partial charge in [-0.05, 0) is 55.1 Å². The van der Waals surface area contributed by atoms with Crippen molar-refractivity contribution < 1.29 is 0 Å². The number of benzene rings is 1. The van der Waals surface area contributed by atoms with Crippen LogP contribution in [0.5, 0.6) is 0 Å². The molecule has 1 aromatic rings. The molecule has 0 amide bonds. The van der Waals surface area contributed by atoms with Crippen molar-refractivity contribution in [3.8, 4) is 6.07 Å². The second kappa shape index (κ2) is 15.5. The van der Waals surface area contributed by atoms with Crippen LogP contribution in [0.1, 0.15) is 121 Å². The molecule has 1 saturated carbocycles. The first kappa shape index (κ1) is 25.0. The lowest BCUT2D eigenvalue weighted by molar-refractivity contribution is 0.220. The van der Waals surface area contributed by atoms with Crippen molar-refractivity contribution >= 4 is 0 Å². The van der Waals surface area contributed by atoms with Crippen LogP contribution in [-0.2, 0) is 12.8 Å². The molecule has 1 heteroatoms. The first-order valence-electron chi connectivity index (χ1n) is 13.2. The minimum atomic E-state index is 0.204. The summed E-state index contributed by atoms with van der Waals surface area (Å²) in [6, 6.07) is 11.8. The van der Waals surface area contributed by atoms with E-state index in [0.29, 0.717) is 5.92 Å². The molecule has 0 heterocycles. The normalized spacial score (nSPS) is 20.0. The van der Waals surface area contributed by atoms with Crippen molar-refractivity contribution in [2.45, 2.75) is 123 Å². The van der Waals surface area contributed by atoms with E-state index in [1.165, 1.54) is 114 Å². The van der Waals surface area contributed by atoms with Crippen molar-refractivity contribution in [2.75, 3.05) is 0 Å². The number of nitriles is 1. The molecule has 1 nitrogen and oxygen atoms in total. The van der Waals surface area contributed by atoms with Crippen LogP contribution in [-0.4, -0.2) is 0 Å². The van der Waals surface area contributed by atoms with Crippen molar-refractivity contribution in [1.82, 2.24) is 0 Å². The Morgan fingerprint density at radius 2 is 1.33 bits per heavy atom. The Labute approximate surface area is 187 Å². The Bertz CT molecular complexity index is 573. The zero-order valence-electron chi connectivity index (χ0n) is 20.0. The zero-order valence-corrected chi connectivity index (χ0v) is 20.0. The Morgan fingerprint density at radius 3 is 1.93 bits per heavy atom. The zero-order chi connectivity index (χ0) is 21.4. The van der Waals surface area contributed by atoms with Crippen LogP contribution in [0.15, 0.2) is 24.3 Å². The van der Waals surface area contributed by atoms with E-state index in [-0.39, 0.29) is 5.92 Å². The molecule has 1 aliphatic carbocycles. The average Bonchev–Trinajstić information content (AvgIpc) is 2.78. The fraction of sp³-hybridized carbons (Fsp3) is 0.759. The second-order valence-electron chi connectivity index (χ2n) is 9.90. The van der Waals surface area contributed by atoms with E-state index >= 15 is 0 Å². The number of nitrogens with zero attached hydrogens (tertiary/aromatic N) is 1. The van der Waals surface area contributed by atoms with E-state index in [0.717, 1.165) is 12.3 Å². The Kier molecular flexibility index (Phi) is 12.9. The minimum absolute atomic E-state index is 0.204. The van der Waals surface area contributed by atoms with Gasteiger partial charge in [0.25, 0.3) is 0 Å². The van der Waals surface area contributed by atoms with E-state index in [2.05, 4.69) is 44.2 Å². The highest BCUT2D eigenvalue weighted by molar-refractivity contribution is 5.24. The number of hydrogen-bond acceptors (Lipinski definition) is 1. The van der Waals surface area contributed by atoms with E-state index in [1.54, 1.807) is 0 Å². The molecule has 0 bridgehead atoms. The Morgan fingerprint density at radius 1 is 0.767 bits per heavy atom. The summed E-state index contributed by atoms with van der Waals surface area (Å²) in [6.07, 6.45) is 22.5. The van der Waals surface area contributed by atoms with E-state index in [4.69, 9.17) is 0 Å². The average molecular weight is 410 g/mol. The van der Waals surface area contributed by atoms with Gasteiger partial charge < -0.3 is 0 Å². The SMILES string of the molecule is CCCCCCCc1ccc(CC(C#N)C2CCC(CCCCCCC)CC2)cc1. The summed E-state index contributed by atoms with van der Waals surface area (Å²) in [5.41, 5.74) is 2.82. The molecule has 1 atom stereocenters. The lowest BCUT2D eigenvalue weighted by Gasteiger charge is -2.31. The number of rotatable bonds is 15. The van der Waals surface area contributed by atoms with Crippen molar-refractivity contribution in [1.29, 1.82) is 5.26 Å². The van der Waals surface area contributed by atoms with Gasteiger partial charge in [-0.15, -0.1) is 0 Å². The van der Waals surface area contributed by atoms with Crippen LogP contribution in [0.25, 0.3) is 0 Å². The Balaban J connectivity index is 1.68. The van der Waals surface area contributed by atoms with Gasteiger partial charge in [-0.3, -0.25) is 0 Å². The van der Waals surface area contributed by atoms with Crippen LogP contribution in [0.3, 0.4) is 0 Å². The summed E-state index contributed by atoms with van der Waals surface area (Å²) in [5, 5.41) is 9.82. The highest BCUT2D eigenvalue weighted by Gasteiger charge is 2.27. The molecule has 0 saturated heterocycles. The number of aryl methyl sites for hydroxylation is 1. The third-order valence-electron chi connectivity index (χ3n) is 7.39. The topological polar surface area (TPSA) is 23.8 Å². The maximum Gasteiger partial charge on any atom is 0.0662 e. The van der Waals surface area contributed by atoms with Crippen LogP contribution >= 0.6 is 0 Å². The van der Waals surface area contributed by atoms with Gasteiger partial charge in [0.05, 0.1) is 12.0 Å². The van der Waals surface area contributed by atoms with E-state index in [9.17, 15) is 5.26 Å². The fourth-order valence-corrected chi connectivity index (χ4v) is 5.26. The summed E-state index contributed by atoms with van der Waals surface area (Å²) < 4.78 is 0. The van der Waals surface area contributed by atoms with Gasteiger partial charge in [-0.25, -0.2) is 0 Å². The van der Waals surface area contributed by atoms with Crippen LogP contribution in [0.4, 0.5) is 0 Å². The standard InChI is InChI=1S/C29H47N/c1-3-5-7-9-11-13-25-15-17-27(18-16-25)23-29(24-30)28-21-19-26(20-22-28)14-12-10-8-6-4-2/h15-18,26,28-29H,3-14,19-23H2,1-2H3. The van der Waals surface area contributed by atoms with Gasteiger partial charge >= 0.3 is 0 Å². The molecule has 1 aromatic carbocycles. The fourth-order valence-electron chi connectivity index (χ4n) is 5.26. The summed E-state index contributed by atoms with van der Waals surface area (Å²) in [5.74, 6) is 1.75. The van der Waals surface area contributed by atoms with Gasteiger partial charge in [0.15, 0.2) is 0 Å². The third-order valence-corrected chi connectivity index (χ3v) is 7.39. The second-order valence-corrected chi connectivity index (χ2v) is 9.90. The van der Waals surface area contributed by atoms with Gasteiger partial charge in [-0.1, -0.05) is 115 Å². The highest BCUT2D eigenvalue weighted by atomic mass is 14.4. The molecular weight excluding hydrogens is 362 g/mol. The number of hydrogen-bond donors (Lipinski definition) is 0. The molecule has 0 aromatic heterocycles. The van der Waals surface area contributed by atoms with Crippen molar-refractivity contribution in [3.63, 3.8) is 0 Å². The monoisotopic (exact) mass is 409 g/mol. The molecule has 1 aliphatic rings. The van der Waals surface area contributed by atoms with Crippen LogP contribution in [0, 0.1) is 29.1 Å². The smallest absolute Gasteiger partial charge is 0.0662 e. The lowest BCUT2D eigenvalue weighted by atomic mass is 9.73. The maximum atomic E-state index is 9.82. The molecule has 0 spiro atoms. The third kappa shape index (κ3) is 9.68. The van der Waals surface area contributed by atoms with Crippen LogP contribution < -0.4 is 0 Å². The van der Waals surface area contributed by atoms with Crippen molar-refractivity contribution in [3.05, 3.63) is 35.4 Å². The highest BCUT2D eigenvalue weighted by Crippen LogP contribution is 2.37. The van der Waals surface area contributed by atoms with Gasteiger partial charge in [0, 0.05) is 0 Å². The molecular formula is C29H47N. The lowest BCUT2D eigenvalue weighted by Crippen LogP contribution is -2.22. The van der Waals surface area contributed by atoms with E-state index < -0.39 is 0 Å². The van der Waals surface area contributed by atoms with Crippen LogP contribution in [0.2, 0.25) is 0 Å². The minimum Gasteiger partial charge on any atom is -0.198 e. The van der Waals surface area contributed by atoms with Crippen molar-refractivity contribution in [2.24, 2.45) is 17.8 Å². The molecule has 0 radical (unpaired) electrons. The summed E-state index contributed by atoms with van der Waals surface area (Å²) in [6.45, 7) is 4.56. The van der Waals surface area contributed by atoms with Gasteiger partial charge in [0.1, 0.15) is 0 Å². The van der Waals surface area contributed by atoms with Gasteiger partial charge in [0.2, 0.25) is 0 Å². The predicted octanol–water partition coefficient (Wildman–Crippen LogP) is 9.05. The summed E-state index contributed by atoms with van der Waals surface area (Å²) in [7, 11) is 0. The van der Waals surface area contributed by atoms with E-state index in [1.807, 2.05) is 0 Å². The quantitative estimate of drug-likeness (QED) is 0.265. The molecule has 0 N–H and O–H groups in total. The predicted molar refractivity (Wildman–Crippen MR) is 131 cm³/mol. The molecule has 1 unspecified atom stereocenters. The molecule has 0 aliphatic heterocycles.